The zero-order chi connectivity index (χ0) is 13.5. The van der Waals surface area contributed by atoms with Crippen molar-refractivity contribution in [3.05, 3.63) is 29.8 Å². The smallest absolute Gasteiger partial charge is 0.0398 e. The minimum Gasteiger partial charge on any atom is -0.368 e. The molecule has 0 aliphatic carbocycles. The van der Waals surface area contributed by atoms with E-state index in [-0.39, 0.29) is 0 Å². The van der Waals surface area contributed by atoms with Crippen LogP contribution in [-0.4, -0.2) is 25.7 Å². The topological polar surface area (TPSA) is 15.3 Å². The van der Waals surface area contributed by atoms with Crippen LogP contribution >= 0.6 is 0 Å². The van der Waals surface area contributed by atoms with Crippen LogP contribution in [0.25, 0.3) is 0 Å². The molecule has 2 nitrogen and oxygen atoms in total. The lowest BCUT2D eigenvalue weighted by Crippen LogP contribution is -2.41. The zero-order valence-corrected chi connectivity index (χ0v) is 12.5. The summed E-state index contributed by atoms with van der Waals surface area (Å²) in [5.41, 5.74) is 2.72. The van der Waals surface area contributed by atoms with Gasteiger partial charge in [-0.05, 0) is 44.9 Å². The number of nitrogens with one attached hydrogen (secondary N) is 1. The summed E-state index contributed by atoms with van der Waals surface area (Å²) in [4.78, 5) is 2.47. The third-order valence-electron chi connectivity index (χ3n) is 3.29. The first-order valence-electron chi connectivity index (χ1n) is 7.09. The van der Waals surface area contributed by atoms with Gasteiger partial charge < -0.3 is 10.2 Å². The van der Waals surface area contributed by atoms with E-state index in [9.17, 15) is 0 Å². The van der Waals surface area contributed by atoms with Crippen LogP contribution in [0.2, 0.25) is 0 Å². The van der Waals surface area contributed by atoms with Crippen molar-refractivity contribution in [2.75, 3.05) is 24.5 Å². The Bertz CT molecular complexity index is 347. The van der Waals surface area contributed by atoms with Gasteiger partial charge >= 0.3 is 0 Å². The third kappa shape index (κ3) is 4.34. The Kier molecular flexibility index (Phi) is 6.20. The van der Waals surface area contributed by atoms with Crippen molar-refractivity contribution in [2.45, 2.75) is 40.7 Å². The van der Waals surface area contributed by atoms with Gasteiger partial charge in [0, 0.05) is 24.8 Å². The summed E-state index contributed by atoms with van der Waals surface area (Å²) in [7, 11) is 0. The minimum absolute atomic E-state index is 0.523. The Morgan fingerprint density at radius 2 is 1.78 bits per heavy atom. The molecule has 0 radical (unpaired) electrons. The molecule has 0 saturated heterocycles. The molecule has 0 amide bonds. The van der Waals surface area contributed by atoms with E-state index in [1.807, 2.05) is 0 Å². The first kappa shape index (κ1) is 15.0. The van der Waals surface area contributed by atoms with Crippen LogP contribution < -0.4 is 10.2 Å². The van der Waals surface area contributed by atoms with E-state index >= 15 is 0 Å². The highest BCUT2D eigenvalue weighted by Crippen LogP contribution is 2.21. The molecule has 1 aromatic rings. The molecule has 102 valence electrons. The van der Waals surface area contributed by atoms with E-state index in [1.54, 1.807) is 0 Å². The van der Waals surface area contributed by atoms with Gasteiger partial charge in [0.05, 0.1) is 0 Å². The summed E-state index contributed by atoms with van der Waals surface area (Å²) in [5, 5.41) is 3.55. The van der Waals surface area contributed by atoms with E-state index in [0.717, 1.165) is 19.6 Å². The number of aryl methyl sites for hydroxylation is 1. The lowest BCUT2D eigenvalue weighted by molar-refractivity contribution is 0.510. The Labute approximate surface area is 112 Å². The quantitative estimate of drug-likeness (QED) is 0.795. The summed E-state index contributed by atoms with van der Waals surface area (Å²) in [6.07, 6.45) is 0. The summed E-state index contributed by atoms with van der Waals surface area (Å²) in [6, 6.07) is 9.16. The Morgan fingerprint density at radius 3 is 2.33 bits per heavy atom. The summed E-state index contributed by atoms with van der Waals surface area (Å²) in [5.74, 6) is 0.714. The van der Waals surface area contributed by atoms with Crippen LogP contribution in [0.4, 0.5) is 5.69 Å². The van der Waals surface area contributed by atoms with Crippen LogP contribution in [-0.2, 0) is 0 Å². The monoisotopic (exact) mass is 248 g/mol. The number of hydrogen-bond acceptors (Lipinski definition) is 2. The highest BCUT2D eigenvalue weighted by Gasteiger charge is 2.13. The van der Waals surface area contributed by atoms with Crippen LogP contribution in [0.5, 0.6) is 0 Å². The van der Waals surface area contributed by atoms with Gasteiger partial charge in [0.1, 0.15) is 0 Å². The Hall–Kier alpha value is -1.02. The van der Waals surface area contributed by atoms with Crippen LogP contribution in [0, 0.1) is 12.8 Å². The molecule has 1 N–H and O–H groups in total. The maximum atomic E-state index is 3.55. The lowest BCUT2D eigenvalue weighted by Gasteiger charge is -2.32. The molecule has 1 aromatic carbocycles. The summed E-state index contributed by atoms with van der Waals surface area (Å²) in [6.45, 7) is 14.4. The molecule has 1 rings (SSSR count). The molecule has 0 aliphatic rings. The molecule has 2 heteroatoms. The largest absolute Gasteiger partial charge is 0.368 e. The molecule has 0 fully saturated rings. The molecule has 18 heavy (non-hydrogen) atoms. The number of nitrogens with zero attached hydrogens (tertiary/aromatic N) is 1. The Morgan fingerprint density at radius 1 is 1.11 bits per heavy atom. The number of anilines is 1. The average Bonchev–Trinajstić information content (AvgIpc) is 2.32. The van der Waals surface area contributed by atoms with Crippen LogP contribution in [0.1, 0.15) is 33.3 Å². The van der Waals surface area contributed by atoms with Gasteiger partial charge in [-0.15, -0.1) is 0 Å². The van der Waals surface area contributed by atoms with Gasteiger partial charge in [0.25, 0.3) is 0 Å². The highest BCUT2D eigenvalue weighted by atomic mass is 15.2. The standard InChI is InChI=1S/C16H28N2/c1-6-18(15(5)12-17-11-13(2)3)16-10-8-7-9-14(16)4/h7-10,13,15,17H,6,11-12H2,1-5H3. The fraction of sp³-hybridized carbons (Fsp3) is 0.625. The molecular weight excluding hydrogens is 220 g/mol. The van der Waals surface area contributed by atoms with Crippen molar-refractivity contribution in [2.24, 2.45) is 5.92 Å². The van der Waals surface area contributed by atoms with Crippen molar-refractivity contribution in [3.8, 4) is 0 Å². The van der Waals surface area contributed by atoms with E-state index < -0.39 is 0 Å². The number of rotatable bonds is 7. The van der Waals surface area contributed by atoms with Crippen LogP contribution in [0.15, 0.2) is 24.3 Å². The lowest BCUT2D eigenvalue weighted by atomic mass is 10.1. The van der Waals surface area contributed by atoms with Gasteiger partial charge in [0.2, 0.25) is 0 Å². The number of likely N-dealkylation sites (N-methyl/N-ethyl adjacent to an activating group) is 1. The summed E-state index contributed by atoms with van der Waals surface area (Å²) < 4.78 is 0. The fourth-order valence-corrected chi connectivity index (χ4v) is 2.30. The zero-order valence-electron chi connectivity index (χ0n) is 12.5. The normalized spacial score (nSPS) is 12.8. The predicted molar refractivity (Wildman–Crippen MR) is 81.4 cm³/mol. The second-order valence-corrected chi connectivity index (χ2v) is 5.47. The van der Waals surface area contributed by atoms with Gasteiger partial charge in [-0.2, -0.15) is 0 Å². The molecule has 0 spiro atoms. The first-order valence-corrected chi connectivity index (χ1v) is 7.09. The number of para-hydroxylation sites is 1. The highest BCUT2D eigenvalue weighted by molar-refractivity contribution is 5.53. The van der Waals surface area contributed by atoms with Crippen LogP contribution in [0.3, 0.4) is 0 Å². The van der Waals surface area contributed by atoms with E-state index in [4.69, 9.17) is 0 Å². The molecular formula is C16H28N2. The van der Waals surface area contributed by atoms with Gasteiger partial charge in [0.15, 0.2) is 0 Å². The third-order valence-corrected chi connectivity index (χ3v) is 3.29. The molecule has 0 aromatic heterocycles. The maximum absolute atomic E-state index is 3.55. The van der Waals surface area contributed by atoms with Gasteiger partial charge in [-0.1, -0.05) is 32.0 Å². The van der Waals surface area contributed by atoms with Crippen molar-refractivity contribution >= 4 is 5.69 Å². The second kappa shape index (κ2) is 7.42. The molecule has 0 aliphatic heterocycles. The SMILES string of the molecule is CCN(c1ccccc1C)C(C)CNCC(C)C. The van der Waals surface area contributed by atoms with Crippen molar-refractivity contribution in [1.82, 2.24) is 5.32 Å². The van der Waals surface area contributed by atoms with E-state index in [1.165, 1.54) is 11.3 Å². The Balaban J connectivity index is 2.63. The molecule has 1 atom stereocenters. The van der Waals surface area contributed by atoms with E-state index in [0.29, 0.717) is 12.0 Å². The molecule has 0 saturated carbocycles. The molecule has 1 unspecified atom stereocenters. The predicted octanol–water partition coefficient (Wildman–Crippen LogP) is 3.46. The van der Waals surface area contributed by atoms with E-state index in [2.05, 4.69) is 69.1 Å². The fourth-order valence-electron chi connectivity index (χ4n) is 2.30. The average molecular weight is 248 g/mol. The number of benzene rings is 1. The van der Waals surface area contributed by atoms with Crippen molar-refractivity contribution < 1.29 is 0 Å². The van der Waals surface area contributed by atoms with Crippen molar-refractivity contribution in [1.29, 1.82) is 0 Å². The first-order chi connectivity index (χ1) is 8.56. The minimum atomic E-state index is 0.523. The molecule has 0 bridgehead atoms. The summed E-state index contributed by atoms with van der Waals surface area (Å²) >= 11 is 0. The second-order valence-electron chi connectivity index (χ2n) is 5.47. The number of hydrogen-bond donors (Lipinski definition) is 1. The van der Waals surface area contributed by atoms with Gasteiger partial charge in [-0.25, -0.2) is 0 Å². The van der Waals surface area contributed by atoms with Crippen molar-refractivity contribution in [3.63, 3.8) is 0 Å². The molecule has 0 heterocycles. The maximum Gasteiger partial charge on any atom is 0.0398 e. The van der Waals surface area contributed by atoms with Gasteiger partial charge in [-0.3, -0.25) is 0 Å².